The first-order chi connectivity index (χ1) is 11.9. The van der Waals surface area contributed by atoms with Crippen LogP contribution in [0, 0.1) is 33.3 Å². The number of carbonyl (C=O) groups excluding carboxylic acids is 1. The Labute approximate surface area is 146 Å². The molecule has 6 heteroatoms. The average Bonchev–Trinajstić information content (AvgIpc) is 2.58. The number of nitrogens with one attached hydrogen (secondary N) is 1. The maximum atomic E-state index is 12.9. The molecule has 4 saturated carbocycles. The van der Waals surface area contributed by atoms with Crippen LogP contribution in [-0.4, -0.2) is 22.5 Å². The number of nitro groups is 1. The number of rotatable bonds is 5. The largest absolute Gasteiger partial charge is 0.387 e. The molecule has 4 aliphatic rings. The van der Waals surface area contributed by atoms with Crippen LogP contribution < -0.4 is 5.32 Å². The maximum absolute atomic E-state index is 12.9. The van der Waals surface area contributed by atoms with Gasteiger partial charge in [-0.1, -0.05) is 0 Å². The standard InChI is InChI=1S/C19H24N2O4/c22-17(15-1-3-16(4-2-15)21(24)25)11-20-18(23)19-8-12-5-13(9-19)7-14(6-12)10-19/h1-4,12-14,17,22H,5-11H2,(H,20,23)/t12?,13?,14?,17-,19?/m1/s1. The third-order valence-corrected chi connectivity index (χ3v) is 6.46. The molecule has 1 atom stereocenters. The molecule has 0 radical (unpaired) electrons. The van der Waals surface area contributed by atoms with Gasteiger partial charge in [0.2, 0.25) is 5.91 Å². The smallest absolute Gasteiger partial charge is 0.269 e. The second kappa shape index (κ2) is 6.09. The van der Waals surface area contributed by atoms with E-state index in [0.29, 0.717) is 23.3 Å². The van der Waals surface area contributed by atoms with Crippen molar-refractivity contribution in [2.45, 2.75) is 44.6 Å². The minimum absolute atomic E-state index is 0.00597. The molecule has 4 aliphatic carbocycles. The van der Waals surface area contributed by atoms with Crippen molar-refractivity contribution in [3.8, 4) is 0 Å². The lowest BCUT2D eigenvalue weighted by atomic mass is 9.49. The minimum atomic E-state index is -0.848. The Hall–Kier alpha value is -1.95. The first-order valence-electron chi connectivity index (χ1n) is 9.16. The number of hydrogen-bond acceptors (Lipinski definition) is 4. The number of aliphatic hydroxyl groups excluding tert-OH is 1. The molecular weight excluding hydrogens is 320 g/mol. The molecule has 1 aromatic carbocycles. The van der Waals surface area contributed by atoms with Crippen molar-refractivity contribution in [1.82, 2.24) is 5.32 Å². The zero-order valence-electron chi connectivity index (χ0n) is 14.2. The van der Waals surface area contributed by atoms with Gasteiger partial charge in [0.15, 0.2) is 0 Å². The SMILES string of the molecule is O=C(NC[C@@H](O)c1ccc([N+](=O)[O-])cc1)C12CC3CC(CC(C3)C1)C2. The highest BCUT2D eigenvalue weighted by Crippen LogP contribution is 2.60. The molecule has 0 aromatic heterocycles. The highest BCUT2D eigenvalue weighted by atomic mass is 16.6. The van der Waals surface area contributed by atoms with Gasteiger partial charge in [0, 0.05) is 24.1 Å². The van der Waals surface area contributed by atoms with Crippen molar-refractivity contribution in [1.29, 1.82) is 0 Å². The molecule has 0 unspecified atom stereocenters. The number of carbonyl (C=O) groups is 1. The molecule has 1 aromatic rings. The third-order valence-electron chi connectivity index (χ3n) is 6.46. The first kappa shape index (κ1) is 16.5. The van der Waals surface area contributed by atoms with Gasteiger partial charge in [0.1, 0.15) is 0 Å². The third kappa shape index (κ3) is 3.03. The Morgan fingerprint density at radius 2 is 1.68 bits per heavy atom. The number of non-ortho nitro benzene ring substituents is 1. The Balaban J connectivity index is 1.38. The molecule has 4 bridgehead atoms. The van der Waals surface area contributed by atoms with Gasteiger partial charge >= 0.3 is 0 Å². The monoisotopic (exact) mass is 344 g/mol. The van der Waals surface area contributed by atoms with E-state index in [1.165, 1.54) is 31.4 Å². The van der Waals surface area contributed by atoms with Crippen molar-refractivity contribution in [2.75, 3.05) is 6.54 Å². The van der Waals surface area contributed by atoms with Gasteiger partial charge in [-0.2, -0.15) is 0 Å². The molecule has 5 rings (SSSR count). The second-order valence-corrected chi connectivity index (χ2v) is 8.27. The van der Waals surface area contributed by atoms with Crippen LogP contribution in [-0.2, 0) is 4.79 Å². The van der Waals surface area contributed by atoms with E-state index < -0.39 is 11.0 Å². The number of amides is 1. The molecular formula is C19H24N2O4. The van der Waals surface area contributed by atoms with E-state index in [-0.39, 0.29) is 23.6 Å². The fourth-order valence-corrected chi connectivity index (χ4v) is 5.70. The maximum Gasteiger partial charge on any atom is 0.269 e. The van der Waals surface area contributed by atoms with Crippen LogP contribution in [0.1, 0.15) is 50.2 Å². The molecule has 0 aliphatic heterocycles. The summed E-state index contributed by atoms with van der Waals surface area (Å²) >= 11 is 0. The van der Waals surface area contributed by atoms with Gasteiger partial charge in [0.25, 0.3) is 5.69 Å². The summed E-state index contributed by atoms with van der Waals surface area (Å²) in [7, 11) is 0. The molecule has 134 valence electrons. The number of hydrogen-bond donors (Lipinski definition) is 2. The normalized spacial score (nSPS) is 33.9. The van der Waals surface area contributed by atoms with Crippen LogP contribution >= 0.6 is 0 Å². The summed E-state index contributed by atoms with van der Waals surface area (Å²) < 4.78 is 0. The van der Waals surface area contributed by atoms with Crippen molar-refractivity contribution in [3.63, 3.8) is 0 Å². The zero-order valence-corrected chi connectivity index (χ0v) is 14.2. The highest BCUT2D eigenvalue weighted by molar-refractivity contribution is 5.83. The van der Waals surface area contributed by atoms with E-state index in [1.807, 2.05) is 0 Å². The summed E-state index contributed by atoms with van der Waals surface area (Å²) in [5.41, 5.74) is 0.356. The molecule has 0 spiro atoms. The fourth-order valence-electron chi connectivity index (χ4n) is 5.70. The highest BCUT2D eigenvalue weighted by Gasteiger charge is 2.54. The Morgan fingerprint density at radius 3 is 2.16 bits per heavy atom. The molecule has 0 heterocycles. The van der Waals surface area contributed by atoms with Gasteiger partial charge in [-0.25, -0.2) is 0 Å². The lowest BCUT2D eigenvalue weighted by molar-refractivity contribution is -0.384. The van der Waals surface area contributed by atoms with Gasteiger partial charge in [-0.15, -0.1) is 0 Å². The summed E-state index contributed by atoms with van der Waals surface area (Å²) in [6.07, 6.45) is 6.02. The molecule has 1 amide bonds. The summed E-state index contributed by atoms with van der Waals surface area (Å²) in [5.74, 6) is 2.21. The Bertz CT molecular complexity index is 650. The number of benzene rings is 1. The predicted molar refractivity (Wildman–Crippen MR) is 91.7 cm³/mol. The summed E-state index contributed by atoms with van der Waals surface area (Å²) in [6, 6.07) is 5.83. The van der Waals surface area contributed by atoms with Crippen LogP contribution in [0.15, 0.2) is 24.3 Å². The quantitative estimate of drug-likeness (QED) is 0.634. The predicted octanol–water partition coefficient (Wildman–Crippen LogP) is 2.96. The molecule has 4 fully saturated rings. The lowest BCUT2D eigenvalue weighted by Crippen LogP contribution is -2.54. The second-order valence-electron chi connectivity index (χ2n) is 8.27. The minimum Gasteiger partial charge on any atom is -0.387 e. The van der Waals surface area contributed by atoms with Crippen molar-refractivity contribution < 1.29 is 14.8 Å². The Morgan fingerprint density at radius 1 is 1.16 bits per heavy atom. The van der Waals surface area contributed by atoms with Crippen molar-refractivity contribution >= 4 is 11.6 Å². The van der Waals surface area contributed by atoms with Gasteiger partial charge in [-0.3, -0.25) is 14.9 Å². The van der Waals surface area contributed by atoms with Gasteiger partial charge in [0.05, 0.1) is 11.0 Å². The van der Waals surface area contributed by atoms with E-state index in [0.717, 1.165) is 19.3 Å². The molecule has 0 saturated heterocycles. The molecule has 2 N–H and O–H groups in total. The van der Waals surface area contributed by atoms with E-state index in [2.05, 4.69) is 5.32 Å². The summed E-state index contributed by atoms with van der Waals surface area (Å²) in [5, 5.41) is 23.9. The van der Waals surface area contributed by atoms with Crippen LogP contribution in [0.3, 0.4) is 0 Å². The molecule has 25 heavy (non-hydrogen) atoms. The van der Waals surface area contributed by atoms with Gasteiger partial charge < -0.3 is 10.4 Å². The van der Waals surface area contributed by atoms with Crippen molar-refractivity contribution in [3.05, 3.63) is 39.9 Å². The fraction of sp³-hybridized carbons (Fsp3) is 0.632. The topological polar surface area (TPSA) is 92.5 Å². The Kier molecular flexibility index (Phi) is 4.02. The first-order valence-corrected chi connectivity index (χ1v) is 9.16. The number of nitro benzene ring substituents is 1. The average molecular weight is 344 g/mol. The van der Waals surface area contributed by atoms with Crippen molar-refractivity contribution in [2.24, 2.45) is 23.2 Å². The lowest BCUT2D eigenvalue weighted by Gasteiger charge is -2.55. The van der Waals surface area contributed by atoms with Crippen LogP contribution in [0.25, 0.3) is 0 Å². The van der Waals surface area contributed by atoms with E-state index >= 15 is 0 Å². The summed E-state index contributed by atoms with van der Waals surface area (Å²) in [4.78, 5) is 23.1. The number of nitrogens with zero attached hydrogens (tertiary/aromatic N) is 1. The zero-order chi connectivity index (χ0) is 17.6. The number of aliphatic hydroxyl groups is 1. The van der Waals surface area contributed by atoms with Crippen LogP contribution in [0.4, 0.5) is 5.69 Å². The van der Waals surface area contributed by atoms with Crippen LogP contribution in [0.2, 0.25) is 0 Å². The summed E-state index contributed by atoms with van der Waals surface area (Å²) in [6.45, 7) is 0.151. The van der Waals surface area contributed by atoms with E-state index in [1.54, 1.807) is 12.1 Å². The van der Waals surface area contributed by atoms with E-state index in [4.69, 9.17) is 0 Å². The van der Waals surface area contributed by atoms with Crippen LogP contribution in [0.5, 0.6) is 0 Å². The van der Waals surface area contributed by atoms with E-state index in [9.17, 15) is 20.0 Å². The van der Waals surface area contributed by atoms with Gasteiger partial charge in [-0.05, 0) is 74.0 Å². The molecule has 6 nitrogen and oxygen atoms in total.